The fourth-order valence-corrected chi connectivity index (χ4v) is 2.02. The predicted octanol–water partition coefficient (Wildman–Crippen LogP) is 3.53. The van der Waals surface area contributed by atoms with E-state index in [2.05, 4.69) is 5.32 Å². The van der Waals surface area contributed by atoms with Crippen LogP contribution in [0.1, 0.15) is 21.5 Å². The summed E-state index contributed by atoms with van der Waals surface area (Å²) in [6.45, 7) is 1.90. The van der Waals surface area contributed by atoms with E-state index in [9.17, 15) is 4.79 Å². The van der Waals surface area contributed by atoms with Gasteiger partial charge in [0.2, 0.25) is 0 Å². The van der Waals surface area contributed by atoms with Crippen LogP contribution < -0.4 is 11.1 Å². The highest BCUT2D eigenvalue weighted by Crippen LogP contribution is 2.21. The van der Waals surface area contributed by atoms with Crippen molar-refractivity contribution in [3.05, 3.63) is 64.2 Å². The summed E-state index contributed by atoms with van der Waals surface area (Å²) in [6.07, 6.45) is 0. The monoisotopic (exact) mass is 304 g/mol. The molecule has 20 heavy (non-hydrogen) atoms. The zero-order valence-corrected chi connectivity index (χ0v) is 12.4. The fourth-order valence-electron chi connectivity index (χ4n) is 1.71. The molecular formula is C15H13ClN2OS. The van der Waals surface area contributed by atoms with Crippen molar-refractivity contribution < 1.29 is 4.79 Å². The Hall–Kier alpha value is -1.91. The van der Waals surface area contributed by atoms with Crippen LogP contribution in [-0.2, 0) is 0 Å². The molecule has 5 heteroatoms. The van der Waals surface area contributed by atoms with Crippen molar-refractivity contribution >= 4 is 40.4 Å². The van der Waals surface area contributed by atoms with Gasteiger partial charge in [0.1, 0.15) is 4.99 Å². The highest BCUT2D eigenvalue weighted by Gasteiger charge is 2.08. The number of aryl methyl sites for hydroxylation is 1. The van der Waals surface area contributed by atoms with E-state index in [0.29, 0.717) is 21.3 Å². The second kappa shape index (κ2) is 6.03. The molecule has 0 unspecified atom stereocenters. The van der Waals surface area contributed by atoms with Crippen molar-refractivity contribution in [3.8, 4) is 0 Å². The summed E-state index contributed by atoms with van der Waals surface area (Å²) >= 11 is 10.8. The average molecular weight is 305 g/mol. The first kappa shape index (κ1) is 14.5. The smallest absolute Gasteiger partial charge is 0.255 e. The fraction of sp³-hybridized carbons (Fsp3) is 0.0667. The Kier molecular flexibility index (Phi) is 4.37. The van der Waals surface area contributed by atoms with Gasteiger partial charge in [-0.2, -0.15) is 0 Å². The van der Waals surface area contributed by atoms with E-state index < -0.39 is 0 Å². The summed E-state index contributed by atoms with van der Waals surface area (Å²) in [5, 5.41) is 3.41. The van der Waals surface area contributed by atoms with Crippen molar-refractivity contribution in [3.63, 3.8) is 0 Å². The third-order valence-corrected chi connectivity index (χ3v) is 3.35. The third kappa shape index (κ3) is 3.35. The largest absolute Gasteiger partial charge is 0.389 e. The van der Waals surface area contributed by atoms with E-state index in [4.69, 9.17) is 29.6 Å². The van der Waals surface area contributed by atoms with Crippen molar-refractivity contribution in [1.82, 2.24) is 0 Å². The number of halogens is 1. The molecule has 2 rings (SSSR count). The molecule has 3 N–H and O–H groups in total. The Morgan fingerprint density at radius 3 is 2.35 bits per heavy atom. The molecule has 0 bridgehead atoms. The number of anilines is 1. The zero-order chi connectivity index (χ0) is 14.7. The molecule has 2 aromatic rings. The molecule has 0 saturated heterocycles. The number of carbonyl (C=O) groups is 1. The minimum atomic E-state index is -0.204. The molecule has 0 aliphatic carbocycles. The van der Waals surface area contributed by atoms with Gasteiger partial charge in [0.05, 0.1) is 0 Å². The topological polar surface area (TPSA) is 55.1 Å². The van der Waals surface area contributed by atoms with Crippen molar-refractivity contribution in [2.24, 2.45) is 5.73 Å². The molecular weight excluding hydrogens is 292 g/mol. The van der Waals surface area contributed by atoms with Gasteiger partial charge in [-0.1, -0.05) is 42.0 Å². The first-order chi connectivity index (χ1) is 9.47. The number of carbonyl (C=O) groups excluding carboxylic acids is 1. The molecule has 0 atom stereocenters. The summed E-state index contributed by atoms with van der Waals surface area (Å²) in [6, 6.07) is 12.2. The lowest BCUT2D eigenvalue weighted by molar-refractivity contribution is 0.102. The summed E-state index contributed by atoms with van der Waals surface area (Å²) in [5.74, 6) is -0.204. The molecule has 2 aromatic carbocycles. The zero-order valence-electron chi connectivity index (χ0n) is 10.8. The van der Waals surface area contributed by atoms with Crippen molar-refractivity contribution in [1.29, 1.82) is 0 Å². The van der Waals surface area contributed by atoms with Crippen LogP contribution >= 0.6 is 23.8 Å². The van der Waals surface area contributed by atoms with Crippen LogP contribution in [0.5, 0.6) is 0 Å². The van der Waals surface area contributed by atoms with Gasteiger partial charge in [0, 0.05) is 21.8 Å². The standard InChI is InChI=1S/C15H13ClN2OS/c1-9-2-7-12(16)8-13(9)18-15(19)11-5-3-10(4-6-11)14(17)20/h2-8H,1H3,(H2,17,20)(H,18,19). The van der Waals surface area contributed by atoms with Crippen LogP contribution in [-0.4, -0.2) is 10.9 Å². The number of benzene rings is 2. The van der Waals surface area contributed by atoms with Crippen LogP contribution in [0.2, 0.25) is 5.02 Å². The van der Waals surface area contributed by atoms with Crippen LogP contribution in [0.3, 0.4) is 0 Å². The van der Waals surface area contributed by atoms with Crippen molar-refractivity contribution in [2.45, 2.75) is 6.92 Å². The lowest BCUT2D eigenvalue weighted by Gasteiger charge is -2.09. The van der Waals surface area contributed by atoms with E-state index in [-0.39, 0.29) is 5.91 Å². The van der Waals surface area contributed by atoms with Crippen LogP contribution in [0.15, 0.2) is 42.5 Å². The molecule has 0 aliphatic heterocycles. The van der Waals surface area contributed by atoms with Crippen molar-refractivity contribution in [2.75, 3.05) is 5.32 Å². The molecule has 102 valence electrons. The van der Waals surface area contributed by atoms with Gasteiger partial charge in [-0.05, 0) is 36.8 Å². The summed E-state index contributed by atoms with van der Waals surface area (Å²) in [5.41, 5.74) is 8.42. The lowest BCUT2D eigenvalue weighted by atomic mass is 10.1. The van der Waals surface area contributed by atoms with Gasteiger partial charge in [-0.25, -0.2) is 0 Å². The minimum absolute atomic E-state index is 0.204. The number of rotatable bonds is 3. The maximum absolute atomic E-state index is 12.1. The number of thiocarbonyl (C=S) groups is 1. The highest BCUT2D eigenvalue weighted by atomic mass is 35.5. The maximum Gasteiger partial charge on any atom is 0.255 e. The highest BCUT2D eigenvalue weighted by molar-refractivity contribution is 7.80. The number of nitrogens with one attached hydrogen (secondary N) is 1. The predicted molar refractivity (Wildman–Crippen MR) is 86.5 cm³/mol. The number of amides is 1. The first-order valence-electron chi connectivity index (χ1n) is 5.95. The van der Waals surface area contributed by atoms with E-state index in [1.54, 1.807) is 36.4 Å². The van der Waals surface area contributed by atoms with Crippen LogP contribution in [0.25, 0.3) is 0 Å². The molecule has 0 radical (unpaired) electrons. The SMILES string of the molecule is Cc1ccc(Cl)cc1NC(=O)c1ccc(C(N)=S)cc1. The molecule has 0 spiro atoms. The maximum atomic E-state index is 12.1. The van der Waals surface area contributed by atoms with E-state index >= 15 is 0 Å². The second-order valence-electron chi connectivity index (χ2n) is 4.35. The summed E-state index contributed by atoms with van der Waals surface area (Å²) < 4.78 is 0. The van der Waals surface area contributed by atoms with Crippen LogP contribution in [0, 0.1) is 6.92 Å². The molecule has 1 amide bonds. The van der Waals surface area contributed by atoms with Gasteiger partial charge < -0.3 is 11.1 Å². The van der Waals surface area contributed by atoms with E-state index in [1.165, 1.54) is 0 Å². The summed E-state index contributed by atoms with van der Waals surface area (Å²) in [7, 11) is 0. The van der Waals surface area contributed by atoms with E-state index in [1.807, 2.05) is 13.0 Å². The summed E-state index contributed by atoms with van der Waals surface area (Å²) in [4.78, 5) is 12.4. The Labute approximate surface area is 127 Å². The Morgan fingerprint density at radius 2 is 1.75 bits per heavy atom. The van der Waals surface area contributed by atoms with E-state index in [0.717, 1.165) is 11.1 Å². The molecule has 0 saturated carbocycles. The molecule has 0 heterocycles. The van der Waals surface area contributed by atoms with Crippen LogP contribution in [0.4, 0.5) is 5.69 Å². The van der Waals surface area contributed by atoms with Gasteiger partial charge in [0.15, 0.2) is 0 Å². The average Bonchev–Trinajstić information content (AvgIpc) is 2.43. The lowest BCUT2D eigenvalue weighted by Crippen LogP contribution is -2.14. The van der Waals surface area contributed by atoms with Gasteiger partial charge in [0.25, 0.3) is 5.91 Å². The number of hydrogen-bond donors (Lipinski definition) is 2. The first-order valence-corrected chi connectivity index (χ1v) is 6.73. The quantitative estimate of drug-likeness (QED) is 0.853. The normalized spacial score (nSPS) is 10.1. The van der Waals surface area contributed by atoms with Gasteiger partial charge in [-0.15, -0.1) is 0 Å². The Bertz CT molecular complexity index is 668. The molecule has 0 aromatic heterocycles. The Morgan fingerprint density at radius 1 is 1.15 bits per heavy atom. The third-order valence-electron chi connectivity index (χ3n) is 2.88. The number of nitrogens with two attached hydrogens (primary N) is 1. The van der Waals surface area contributed by atoms with Gasteiger partial charge in [-0.3, -0.25) is 4.79 Å². The minimum Gasteiger partial charge on any atom is -0.389 e. The molecule has 0 fully saturated rings. The second-order valence-corrected chi connectivity index (χ2v) is 5.23. The molecule has 0 aliphatic rings. The Balaban J connectivity index is 2.19. The van der Waals surface area contributed by atoms with Gasteiger partial charge >= 0.3 is 0 Å². The number of hydrogen-bond acceptors (Lipinski definition) is 2. The molecule has 3 nitrogen and oxygen atoms in total.